The maximum Gasteiger partial charge on any atom is 0.231 e. The number of rotatable bonds is 8. The van der Waals surface area contributed by atoms with E-state index in [0.29, 0.717) is 6.42 Å². The van der Waals surface area contributed by atoms with Gasteiger partial charge >= 0.3 is 0 Å². The topological polar surface area (TPSA) is 57.3 Å². The predicted molar refractivity (Wildman–Crippen MR) is 127 cm³/mol. The lowest BCUT2D eigenvalue weighted by Crippen LogP contribution is -2.34. The van der Waals surface area contributed by atoms with Gasteiger partial charge in [0, 0.05) is 17.6 Å². The van der Waals surface area contributed by atoms with Crippen LogP contribution in [0.15, 0.2) is 29.6 Å². The molecule has 0 unspecified atom stereocenters. The van der Waals surface area contributed by atoms with Gasteiger partial charge in [0.25, 0.3) is 0 Å². The van der Waals surface area contributed by atoms with Gasteiger partial charge in [0.1, 0.15) is 5.01 Å². The minimum atomic E-state index is -0.00917. The summed E-state index contributed by atoms with van der Waals surface area (Å²) < 4.78 is 0. The van der Waals surface area contributed by atoms with Gasteiger partial charge in [0.05, 0.1) is 12.1 Å². The highest BCUT2D eigenvalue weighted by Gasteiger charge is 2.19. The molecule has 1 aromatic carbocycles. The van der Waals surface area contributed by atoms with Crippen LogP contribution in [0.2, 0.25) is 0 Å². The fourth-order valence-corrected chi connectivity index (χ4v) is 4.28. The summed E-state index contributed by atoms with van der Waals surface area (Å²) in [6.45, 7) is 6.34. The molecule has 0 aliphatic carbocycles. The maximum atomic E-state index is 12.2. The van der Waals surface area contributed by atoms with E-state index in [1.807, 2.05) is 38.2 Å². The molecule has 1 saturated heterocycles. The van der Waals surface area contributed by atoms with Crippen molar-refractivity contribution >= 4 is 47.7 Å². The number of anilines is 1. The molecule has 0 radical (unpaired) electrons. The molecular weight excluding hydrogens is 427 g/mol. The first kappa shape index (κ1) is 25.9. The van der Waals surface area contributed by atoms with Crippen LogP contribution in [0.1, 0.15) is 35.5 Å². The number of aromatic nitrogens is 1. The molecular formula is C21H32Cl2N4OS. The first-order valence-corrected chi connectivity index (χ1v) is 10.7. The Bertz CT molecular complexity index is 731. The highest BCUT2D eigenvalue weighted by Crippen LogP contribution is 2.22. The standard InChI is InChI=1S/C21H30N4OS.2ClH/c1-16-3-5-18(6-4-16)23-20(26)13-21-24-19(15-27-21)14-25-11-8-17(9-12-25)7-10-22-2;;/h3-6,15,17,22H,7-14H2,1-2H3,(H,23,26);2*1H. The number of aryl methyl sites for hydroxylation is 1. The van der Waals surface area contributed by atoms with Gasteiger partial charge < -0.3 is 10.6 Å². The van der Waals surface area contributed by atoms with Gasteiger partial charge in [-0.15, -0.1) is 36.2 Å². The molecule has 0 spiro atoms. The number of amides is 1. The van der Waals surface area contributed by atoms with E-state index in [2.05, 4.69) is 25.9 Å². The fourth-order valence-electron chi connectivity index (χ4n) is 3.49. The highest BCUT2D eigenvalue weighted by atomic mass is 35.5. The third-order valence-electron chi connectivity index (χ3n) is 5.14. The molecule has 162 valence electrons. The third-order valence-corrected chi connectivity index (χ3v) is 6.04. The second-order valence-electron chi connectivity index (χ2n) is 7.44. The molecule has 1 amide bonds. The number of piperidine rings is 1. The van der Waals surface area contributed by atoms with Crippen molar-refractivity contribution in [3.05, 3.63) is 45.9 Å². The van der Waals surface area contributed by atoms with E-state index in [-0.39, 0.29) is 30.7 Å². The molecule has 0 saturated carbocycles. The van der Waals surface area contributed by atoms with Crippen molar-refractivity contribution in [2.45, 2.75) is 39.2 Å². The Morgan fingerprint density at radius 1 is 1.21 bits per heavy atom. The SMILES string of the molecule is CNCCC1CCN(Cc2csc(CC(=O)Nc3ccc(C)cc3)n2)CC1.Cl.Cl. The van der Waals surface area contributed by atoms with Crippen LogP contribution in [-0.4, -0.2) is 42.5 Å². The van der Waals surface area contributed by atoms with Gasteiger partial charge in [-0.25, -0.2) is 4.98 Å². The largest absolute Gasteiger partial charge is 0.326 e. The first-order valence-electron chi connectivity index (χ1n) is 9.79. The smallest absolute Gasteiger partial charge is 0.231 e. The van der Waals surface area contributed by atoms with E-state index in [9.17, 15) is 4.79 Å². The average molecular weight is 459 g/mol. The normalized spacial score (nSPS) is 14.7. The van der Waals surface area contributed by atoms with Crippen molar-refractivity contribution in [1.29, 1.82) is 0 Å². The second kappa shape index (κ2) is 13.2. The van der Waals surface area contributed by atoms with Crippen molar-refractivity contribution < 1.29 is 4.79 Å². The van der Waals surface area contributed by atoms with Crippen molar-refractivity contribution in [2.75, 3.05) is 32.0 Å². The summed E-state index contributed by atoms with van der Waals surface area (Å²) in [6, 6.07) is 7.86. The number of nitrogens with one attached hydrogen (secondary N) is 2. The summed E-state index contributed by atoms with van der Waals surface area (Å²) in [5.74, 6) is 0.843. The number of benzene rings is 1. The number of carbonyl (C=O) groups excluding carboxylic acids is 1. The lowest BCUT2D eigenvalue weighted by molar-refractivity contribution is -0.115. The van der Waals surface area contributed by atoms with Gasteiger partial charge in [0.2, 0.25) is 5.91 Å². The Morgan fingerprint density at radius 3 is 2.55 bits per heavy atom. The predicted octanol–water partition coefficient (Wildman–Crippen LogP) is 4.30. The molecule has 1 aliphatic heterocycles. The molecule has 1 aliphatic rings. The Labute approximate surface area is 190 Å². The fraction of sp³-hybridized carbons (Fsp3) is 0.524. The number of likely N-dealkylation sites (tertiary alicyclic amines) is 1. The van der Waals surface area contributed by atoms with Crippen LogP contribution in [0.5, 0.6) is 0 Å². The zero-order valence-corrected chi connectivity index (χ0v) is 19.6. The monoisotopic (exact) mass is 458 g/mol. The molecule has 2 aromatic rings. The van der Waals surface area contributed by atoms with Crippen LogP contribution in [0.3, 0.4) is 0 Å². The molecule has 0 bridgehead atoms. The van der Waals surface area contributed by atoms with E-state index in [4.69, 9.17) is 0 Å². The minimum absolute atomic E-state index is 0. The Morgan fingerprint density at radius 2 is 1.90 bits per heavy atom. The average Bonchev–Trinajstić information content (AvgIpc) is 3.09. The molecule has 8 heteroatoms. The van der Waals surface area contributed by atoms with Crippen LogP contribution in [0, 0.1) is 12.8 Å². The van der Waals surface area contributed by atoms with E-state index in [0.717, 1.165) is 48.5 Å². The first-order chi connectivity index (χ1) is 13.1. The van der Waals surface area contributed by atoms with Crippen LogP contribution in [0.25, 0.3) is 0 Å². The van der Waals surface area contributed by atoms with Crippen molar-refractivity contribution in [2.24, 2.45) is 5.92 Å². The van der Waals surface area contributed by atoms with Crippen LogP contribution in [-0.2, 0) is 17.8 Å². The van der Waals surface area contributed by atoms with E-state index in [1.165, 1.54) is 24.8 Å². The molecule has 2 heterocycles. The van der Waals surface area contributed by atoms with Gasteiger partial charge in [0.15, 0.2) is 0 Å². The van der Waals surface area contributed by atoms with Crippen molar-refractivity contribution in [3.8, 4) is 0 Å². The molecule has 29 heavy (non-hydrogen) atoms. The number of hydrogen-bond donors (Lipinski definition) is 2. The van der Waals surface area contributed by atoms with E-state index < -0.39 is 0 Å². The third kappa shape index (κ3) is 8.60. The summed E-state index contributed by atoms with van der Waals surface area (Å²) in [7, 11) is 2.02. The second-order valence-corrected chi connectivity index (χ2v) is 8.38. The number of nitrogens with zero attached hydrogens (tertiary/aromatic N) is 2. The highest BCUT2D eigenvalue weighted by molar-refractivity contribution is 7.09. The van der Waals surface area contributed by atoms with Crippen LogP contribution in [0.4, 0.5) is 5.69 Å². The Balaban J connectivity index is 0.00000210. The summed E-state index contributed by atoms with van der Waals surface area (Å²) in [5, 5.41) is 9.18. The number of hydrogen-bond acceptors (Lipinski definition) is 5. The van der Waals surface area contributed by atoms with Gasteiger partial charge in [-0.05, 0) is 70.9 Å². The Hall–Kier alpha value is -1.18. The van der Waals surface area contributed by atoms with E-state index in [1.54, 1.807) is 11.3 Å². The molecule has 0 atom stereocenters. The molecule has 1 aromatic heterocycles. The summed E-state index contributed by atoms with van der Waals surface area (Å²) in [6.07, 6.45) is 4.17. The molecule has 3 rings (SSSR count). The van der Waals surface area contributed by atoms with Crippen LogP contribution >= 0.6 is 36.2 Å². The lowest BCUT2D eigenvalue weighted by atomic mass is 9.93. The van der Waals surface area contributed by atoms with Crippen molar-refractivity contribution in [1.82, 2.24) is 15.2 Å². The number of carbonyl (C=O) groups is 1. The minimum Gasteiger partial charge on any atom is -0.326 e. The van der Waals surface area contributed by atoms with Crippen LogP contribution < -0.4 is 10.6 Å². The van der Waals surface area contributed by atoms with Gasteiger partial charge in [-0.2, -0.15) is 0 Å². The summed E-state index contributed by atoms with van der Waals surface area (Å²) in [5.41, 5.74) is 3.11. The van der Waals surface area contributed by atoms with Gasteiger partial charge in [-0.3, -0.25) is 9.69 Å². The number of halogens is 2. The zero-order chi connectivity index (χ0) is 19.1. The lowest BCUT2D eigenvalue weighted by Gasteiger charge is -2.31. The van der Waals surface area contributed by atoms with Gasteiger partial charge in [-0.1, -0.05) is 17.7 Å². The summed E-state index contributed by atoms with van der Waals surface area (Å²) >= 11 is 1.58. The zero-order valence-electron chi connectivity index (χ0n) is 17.1. The summed E-state index contributed by atoms with van der Waals surface area (Å²) in [4.78, 5) is 19.4. The van der Waals surface area contributed by atoms with E-state index >= 15 is 0 Å². The van der Waals surface area contributed by atoms with Crippen molar-refractivity contribution in [3.63, 3.8) is 0 Å². The molecule has 1 fully saturated rings. The molecule has 2 N–H and O–H groups in total. The number of thiazole rings is 1. The Kier molecular flexibility index (Phi) is 11.8. The maximum absolute atomic E-state index is 12.2. The quantitative estimate of drug-likeness (QED) is 0.618. The molecule has 5 nitrogen and oxygen atoms in total.